The van der Waals surface area contributed by atoms with E-state index in [-0.39, 0.29) is 22.9 Å². The zero-order valence-corrected chi connectivity index (χ0v) is 14.7. The molecule has 0 spiro atoms. The number of halogens is 1. The molecule has 5 nitrogen and oxygen atoms in total. The molecule has 2 unspecified atom stereocenters. The number of amides is 1. The van der Waals surface area contributed by atoms with Gasteiger partial charge in [-0.25, -0.2) is 4.39 Å². The number of nitrogens with zero attached hydrogens (tertiary/aromatic N) is 2. The van der Waals surface area contributed by atoms with Gasteiger partial charge < -0.3 is 9.84 Å². The SMILES string of the molecule is CCCNC(=O)c1ccc(-c2noc(C(C)(P)P)n2)c(F)c1. The molecule has 2 atom stereocenters. The Balaban J connectivity index is 2.26. The lowest BCUT2D eigenvalue weighted by Gasteiger charge is -2.10. The molecule has 0 aliphatic heterocycles. The van der Waals surface area contributed by atoms with Crippen LogP contribution in [0.1, 0.15) is 36.5 Å². The summed E-state index contributed by atoms with van der Waals surface area (Å²) in [7, 11) is 5.10. The van der Waals surface area contributed by atoms with Crippen molar-refractivity contribution in [3.05, 3.63) is 35.5 Å². The number of carbonyl (C=O) groups excluding carboxylic acids is 1. The minimum absolute atomic E-state index is 0.157. The number of hydrogen-bond donors (Lipinski definition) is 1. The van der Waals surface area contributed by atoms with Gasteiger partial charge in [0.25, 0.3) is 5.91 Å². The first-order valence-electron chi connectivity index (χ1n) is 6.83. The minimum Gasteiger partial charge on any atom is -0.352 e. The fraction of sp³-hybridized carbons (Fsp3) is 0.357. The van der Waals surface area contributed by atoms with Gasteiger partial charge in [0, 0.05) is 12.1 Å². The van der Waals surface area contributed by atoms with Crippen LogP contribution in [0.15, 0.2) is 22.7 Å². The average molecular weight is 341 g/mol. The van der Waals surface area contributed by atoms with Crippen molar-refractivity contribution in [2.75, 3.05) is 6.54 Å². The van der Waals surface area contributed by atoms with Crippen LogP contribution < -0.4 is 5.32 Å². The van der Waals surface area contributed by atoms with Gasteiger partial charge in [0.15, 0.2) is 0 Å². The second kappa shape index (κ2) is 6.80. The number of rotatable bonds is 5. The van der Waals surface area contributed by atoms with Crippen molar-refractivity contribution < 1.29 is 13.7 Å². The van der Waals surface area contributed by atoms with Crippen LogP contribution >= 0.6 is 18.5 Å². The van der Waals surface area contributed by atoms with Crippen molar-refractivity contribution in [3.63, 3.8) is 0 Å². The fourth-order valence-corrected chi connectivity index (χ4v) is 1.96. The predicted molar refractivity (Wildman–Crippen MR) is 89.1 cm³/mol. The maximum atomic E-state index is 14.2. The molecule has 22 heavy (non-hydrogen) atoms. The molecule has 0 saturated heterocycles. The van der Waals surface area contributed by atoms with Crippen LogP contribution in [-0.2, 0) is 4.90 Å². The highest BCUT2D eigenvalue weighted by atomic mass is 31.1. The summed E-state index contributed by atoms with van der Waals surface area (Å²) in [6.45, 7) is 4.36. The van der Waals surface area contributed by atoms with Crippen LogP contribution in [0.5, 0.6) is 0 Å². The first-order chi connectivity index (χ1) is 10.3. The van der Waals surface area contributed by atoms with E-state index in [1.807, 2.05) is 13.8 Å². The van der Waals surface area contributed by atoms with Crippen molar-refractivity contribution in [2.45, 2.75) is 25.2 Å². The number of nitrogens with one attached hydrogen (secondary N) is 1. The molecule has 0 fully saturated rings. The molecule has 1 heterocycles. The molecule has 2 aromatic rings. The van der Waals surface area contributed by atoms with Gasteiger partial charge in [-0.05, 0) is 31.5 Å². The second-order valence-electron chi connectivity index (χ2n) is 5.16. The molecule has 0 saturated carbocycles. The van der Waals surface area contributed by atoms with E-state index in [9.17, 15) is 9.18 Å². The summed E-state index contributed by atoms with van der Waals surface area (Å²) in [5, 5.41) is 6.48. The number of aromatic nitrogens is 2. The third-order valence-corrected chi connectivity index (χ3v) is 3.39. The topological polar surface area (TPSA) is 68.0 Å². The zero-order chi connectivity index (χ0) is 16.3. The molecule has 0 aliphatic carbocycles. The van der Waals surface area contributed by atoms with E-state index >= 15 is 0 Å². The quantitative estimate of drug-likeness (QED) is 0.849. The summed E-state index contributed by atoms with van der Waals surface area (Å²) in [4.78, 5) is 15.5. The Morgan fingerprint density at radius 1 is 1.45 bits per heavy atom. The molecule has 118 valence electrons. The fourth-order valence-electron chi connectivity index (χ4n) is 1.73. The highest BCUT2D eigenvalue weighted by Gasteiger charge is 2.23. The van der Waals surface area contributed by atoms with Gasteiger partial charge in [-0.15, -0.1) is 18.5 Å². The van der Waals surface area contributed by atoms with Gasteiger partial charge in [-0.2, -0.15) is 4.98 Å². The lowest BCUT2D eigenvalue weighted by Crippen LogP contribution is -2.24. The van der Waals surface area contributed by atoms with Gasteiger partial charge in [-0.1, -0.05) is 12.1 Å². The van der Waals surface area contributed by atoms with Crippen molar-refractivity contribution in [1.29, 1.82) is 0 Å². The van der Waals surface area contributed by atoms with Gasteiger partial charge in [0.2, 0.25) is 11.7 Å². The van der Waals surface area contributed by atoms with Crippen LogP contribution in [-0.4, -0.2) is 22.6 Å². The van der Waals surface area contributed by atoms with Crippen molar-refractivity contribution in [2.24, 2.45) is 0 Å². The molecule has 1 amide bonds. The van der Waals surface area contributed by atoms with Gasteiger partial charge in [-0.3, -0.25) is 4.79 Å². The molecule has 0 bridgehead atoms. The summed E-state index contributed by atoms with van der Waals surface area (Å²) in [5.74, 6) is -0.347. The third-order valence-electron chi connectivity index (χ3n) is 2.89. The standard InChI is InChI=1S/C14H18FN3O2P2/c1-3-6-16-12(19)8-4-5-9(10(15)7-8)11-17-13(20-18-11)14(2,21)22/h4-5,7H,3,6,21-22H2,1-2H3,(H,16,19). The summed E-state index contributed by atoms with van der Waals surface area (Å²) in [5.41, 5.74) is 0.460. The van der Waals surface area contributed by atoms with E-state index in [0.717, 1.165) is 6.42 Å². The Kier molecular flexibility index (Phi) is 5.25. The van der Waals surface area contributed by atoms with E-state index in [1.54, 1.807) is 6.07 Å². The first-order valence-corrected chi connectivity index (χ1v) is 7.98. The highest BCUT2D eigenvalue weighted by molar-refractivity contribution is 7.38. The van der Waals surface area contributed by atoms with Crippen LogP contribution in [0.2, 0.25) is 0 Å². The monoisotopic (exact) mass is 341 g/mol. The highest BCUT2D eigenvalue weighted by Crippen LogP contribution is 2.37. The normalized spacial score (nSPS) is 11.5. The van der Waals surface area contributed by atoms with Gasteiger partial charge >= 0.3 is 0 Å². The lowest BCUT2D eigenvalue weighted by molar-refractivity contribution is 0.0953. The number of benzene rings is 1. The maximum absolute atomic E-state index is 14.2. The third kappa shape index (κ3) is 3.88. The Bertz CT molecular complexity index is 683. The Morgan fingerprint density at radius 2 is 2.18 bits per heavy atom. The Morgan fingerprint density at radius 3 is 2.73 bits per heavy atom. The smallest absolute Gasteiger partial charge is 0.251 e. The predicted octanol–water partition coefficient (Wildman–Crippen LogP) is 2.94. The van der Waals surface area contributed by atoms with Gasteiger partial charge in [0.05, 0.1) is 10.5 Å². The van der Waals surface area contributed by atoms with E-state index in [1.165, 1.54) is 12.1 Å². The number of hydrogen-bond acceptors (Lipinski definition) is 4. The van der Waals surface area contributed by atoms with Gasteiger partial charge in [0.1, 0.15) is 5.82 Å². The Hall–Kier alpha value is -1.38. The second-order valence-corrected chi connectivity index (χ2v) is 8.22. The Labute approximate surface area is 132 Å². The van der Waals surface area contributed by atoms with Crippen LogP contribution in [0.25, 0.3) is 11.4 Å². The van der Waals surface area contributed by atoms with Crippen LogP contribution in [0.4, 0.5) is 4.39 Å². The molecule has 8 heteroatoms. The van der Waals surface area contributed by atoms with E-state index < -0.39 is 10.7 Å². The molecule has 1 N–H and O–H groups in total. The average Bonchev–Trinajstić information content (AvgIpc) is 2.94. The molecular weight excluding hydrogens is 323 g/mol. The van der Waals surface area contributed by atoms with Crippen LogP contribution in [0.3, 0.4) is 0 Å². The molecule has 0 radical (unpaired) electrons. The van der Waals surface area contributed by atoms with E-state index in [4.69, 9.17) is 4.52 Å². The zero-order valence-electron chi connectivity index (χ0n) is 12.4. The molecule has 2 rings (SSSR count). The van der Waals surface area contributed by atoms with Crippen molar-refractivity contribution >= 4 is 24.4 Å². The van der Waals surface area contributed by atoms with Crippen molar-refractivity contribution in [3.8, 4) is 11.4 Å². The molecule has 1 aromatic carbocycles. The van der Waals surface area contributed by atoms with Crippen molar-refractivity contribution in [1.82, 2.24) is 15.5 Å². The summed E-state index contributed by atoms with van der Waals surface area (Å²) in [6, 6.07) is 4.20. The first kappa shape index (κ1) is 17.0. The summed E-state index contributed by atoms with van der Waals surface area (Å²) in [6.07, 6.45) is 0.820. The number of carbonyl (C=O) groups is 1. The largest absolute Gasteiger partial charge is 0.352 e. The molecule has 1 aromatic heterocycles. The lowest BCUT2D eigenvalue weighted by atomic mass is 10.1. The van der Waals surface area contributed by atoms with E-state index in [2.05, 4.69) is 33.9 Å². The minimum atomic E-state index is -0.564. The summed E-state index contributed by atoms with van der Waals surface area (Å²) >= 11 is 0. The molecular formula is C14H18FN3O2P2. The summed E-state index contributed by atoms with van der Waals surface area (Å²) < 4.78 is 19.3. The molecule has 0 aliphatic rings. The maximum Gasteiger partial charge on any atom is 0.251 e. The van der Waals surface area contributed by atoms with E-state index in [0.29, 0.717) is 12.4 Å². The van der Waals surface area contributed by atoms with Crippen LogP contribution in [0, 0.1) is 5.82 Å².